The molecule has 3 aromatic carbocycles. The van der Waals surface area contributed by atoms with E-state index in [1.54, 1.807) is 30.3 Å². The second-order valence-corrected chi connectivity index (χ2v) is 10.2. The number of methoxy groups -OCH3 is 5. The molecular weight excluding hydrogens is 540 g/mol. The molecule has 0 spiro atoms. The van der Waals surface area contributed by atoms with Gasteiger partial charge in [0.15, 0.2) is 11.5 Å². The van der Waals surface area contributed by atoms with Crippen LogP contribution in [0.15, 0.2) is 71.8 Å². The van der Waals surface area contributed by atoms with Gasteiger partial charge in [-0.05, 0) is 30.3 Å². The Bertz CT molecular complexity index is 1680. The van der Waals surface area contributed by atoms with E-state index < -0.39 is 28.4 Å². The molecule has 12 heteroatoms. The Hall–Kier alpha value is -4.71. The molecule has 0 amide bonds. The van der Waals surface area contributed by atoms with Crippen molar-refractivity contribution in [2.45, 2.75) is 4.90 Å². The second kappa shape index (κ2) is 11.6. The van der Waals surface area contributed by atoms with Crippen molar-refractivity contribution in [3.8, 4) is 23.0 Å². The first kappa shape index (κ1) is 28.3. The van der Waals surface area contributed by atoms with E-state index in [0.29, 0.717) is 22.4 Å². The molecule has 1 aromatic heterocycles. The number of anilines is 1. The monoisotopic (exact) mass is 568 g/mol. The molecule has 4 aromatic rings. The number of hydrogen-bond acceptors (Lipinski definition) is 9. The number of para-hydroxylation sites is 1. The molecular formula is C28H28N2O9S. The normalized spacial score (nSPS) is 11.1. The highest BCUT2D eigenvalue weighted by atomic mass is 32.2. The van der Waals surface area contributed by atoms with Crippen LogP contribution in [0.25, 0.3) is 10.9 Å². The number of aromatic nitrogens is 1. The van der Waals surface area contributed by atoms with Gasteiger partial charge in [-0.2, -0.15) is 0 Å². The van der Waals surface area contributed by atoms with E-state index in [2.05, 4.69) is 0 Å². The summed E-state index contributed by atoms with van der Waals surface area (Å²) in [5.41, 5.74) is 0.642. The summed E-state index contributed by atoms with van der Waals surface area (Å²) >= 11 is 0. The average molecular weight is 569 g/mol. The predicted octanol–water partition coefficient (Wildman–Crippen LogP) is 4.00. The standard InChI is InChI=1S/C28H28N2O9S/c1-35-18-10-12-24(36-2)23(14-18)30(40(33,34)19-11-13-25(37-3)26(15-19)38-4)17-27(31)29-16-21(28(32)39-5)20-8-6-7-9-22(20)29/h6-16H,17H2,1-5H3. The number of benzene rings is 3. The molecule has 4 rings (SSSR count). The molecule has 0 bridgehead atoms. The maximum absolute atomic E-state index is 14.2. The number of carbonyl (C=O) groups excluding carboxylic acids is 2. The summed E-state index contributed by atoms with van der Waals surface area (Å²) < 4.78 is 56.7. The topological polar surface area (TPSA) is 123 Å². The van der Waals surface area contributed by atoms with Crippen LogP contribution >= 0.6 is 0 Å². The summed E-state index contributed by atoms with van der Waals surface area (Å²) in [6, 6.07) is 15.5. The quantitative estimate of drug-likeness (QED) is 0.261. The molecule has 0 fully saturated rings. The van der Waals surface area contributed by atoms with Gasteiger partial charge in [0.1, 0.15) is 18.0 Å². The van der Waals surface area contributed by atoms with E-state index in [-0.39, 0.29) is 27.6 Å². The van der Waals surface area contributed by atoms with E-state index in [1.807, 2.05) is 0 Å². The molecule has 0 aliphatic heterocycles. The number of carbonyl (C=O) groups is 2. The fourth-order valence-electron chi connectivity index (χ4n) is 4.25. The van der Waals surface area contributed by atoms with Crippen molar-refractivity contribution in [1.29, 1.82) is 0 Å². The SMILES string of the molecule is COC(=O)c1cn(C(=O)CN(c2cc(OC)ccc2OC)S(=O)(=O)c2ccc(OC)c(OC)c2)c2ccccc12. The molecule has 0 radical (unpaired) electrons. The Morgan fingerprint density at radius 3 is 2.12 bits per heavy atom. The van der Waals surface area contributed by atoms with E-state index in [4.69, 9.17) is 23.7 Å². The van der Waals surface area contributed by atoms with Gasteiger partial charge in [0.2, 0.25) is 0 Å². The fraction of sp³-hybridized carbons (Fsp3) is 0.214. The summed E-state index contributed by atoms with van der Waals surface area (Å²) in [5.74, 6) is -0.225. The number of rotatable bonds is 10. The Morgan fingerprint density at radius 2 is 1.48 bits per heavy atom. The summed E-state index contributed by atoms with van der Waals surface area (Å²) in [6.45, 7) is -0.653. The highest BCUT2D eigenvalue weighted by molar-refractivity contribution is 7.92. The average Bonchev–Trinajstić information content (AvgIpc) is 3.38. The van der Waals surface area contributed by atoms with Gasteiger partial charge in [-0.25, -0.2) is 13.2 Å². The number of nitrogens with zero attached hydrogens (tertiary/aromatic N) is 2. The maximum Gasteiger partial charge on any atom is 0.340 e. The Morgan fingerprint density at radius 1 is 0.800 bits per heavy atom. The van der Waals surface area contributed by atoms with Crippen molar-refractivity contribution in [3.63, 3.8) is 0 Å². The first-order chi connectivity index (χ1) is 19.2. The van der Waals surface area contributed by atoms with Crippen LogP contribution in [0, 0.1) is 0 Å². The van der Waals surface area contributed by atoms with Crippen LogP contribution in [0.3, 0.4) is 0 Å². The Balaban J connectivity index is 1.89. The van der Waals surface area contributed by atoms with Crippen LogP contribution < -0.4 is 23.3 Å². The third kappa shape index (κ3) is 5.13. The van der Waals surface area contributed by atoms with Crippen LogP contribution in [0.1, 0.15) is 15.2 Å². The maximum atomic E-state index is 14.2. The zero-order chi connectivity index (χ0) is 29.0. The van der Waals surface area contributed by atoms with Crippen LogP contribution in [-0.2, 0) is 14.8 Å². The van der Waals surface area contributed by atoms with Crippen LogP contribution in [-0.4, -0.2) is 67.0 Å². The van der Waals surface area contributed by atoms with Gasteiger partial charge < -0.3 is 23.7 Å². The lowest BCUT2D eigenvalue weighted by Gasteiger charge is -2.26. The summed E-state index contributed by atoms with van der Waals surface area (Å²) in [5, 5.41) is 0.482. The van der Waals surface area contributed by atoms with Gasteiger partial charge in [0, 0.05) is 23.7 Å². The van der Waals surface area contributed by atoms with E-state index in [9.17, 15) is 18.0 Å². The van der Waals surface area contributed by atoms with Crippen molar-refractivity contribution in [3.05, 3.63) is 72.4 Å². The van der Waals surface area contributed by atoms with Crippen LogP contribution in [0.4, 0.5) is 5.69 Å². The van der Waals surface area contributed by atoms with Crippen molar-refractivity contribution in [2.75, 3.05) is 46.4 Å². The lowest BCUT2D eigenvalue weighted by Crippen LogP contribution is -2.38. The lowest BCUT2D eigenvalue weighted by molar-refractivity contribution is 0.0603. The molecule has 1 heterocycles. The highest BCUT2D eigenvalue weighted by Gasteiger charge is 2.32. The van der Waals surface area contributed by atoms with Gasteiger partial charge in [-0.15, -0.1) is 0 Å². The smallest absolute Gasteiger partial charge is 0.340 e. The molecule has 0 aliphatic rings. The molecule has 0 saturated carbocycles. The van der Waals surface area contributed by atoms with Crippen LogP contribution in [0.5, 0.6) is 23.0 Å². The lowest BCUT2D eigenvalue weighted by atomic mass is 10.2. The largest absolute Gasteiger partial charge is 0.497 e. The number of fused-ring (bicyclic) bond motifs is 1. The third-order valence-corrected chi connectivity index (χ3v) is 8.02. The molecule has 0 N–H and O–H groups in total. The third-order valence-electron chi connectivity index (χ3n) is 6.26. The van der Waals surface area contributed by atoms with E-state index >= 15 is 0 Å². The Labute approximate surface area is 231 Å². The van der Waals surface area contributed by atoms with Gasteiger partial charge in [0.05, 0.1) is 57.2 Å². The van der Waals surface area contributed by atoms with E-state index in [0.717, 1.165) is 4.31 Å². The molecule has 40 heavy (non-hydrogen) atoms. The van der Waals surface area contributed by atoms with Gasteiger partial charge in [-0.1, -0.05) is 18.2 Å². The first-order valence-corrected chi connectivity index (χ1v) is 13.3. The molecule has 0 atom stereocenters. The zero-order valence-electron chi connectivity index (χ0n) is 22.5. The minimum absolute atomic E-state index is 0.0645. The molecule has 0 saturated heterocycles. The summed E-state index contributed by atoms with van der Waals surface area (Å²) in [4.78, 5) is 26.1. The molecule has 11 nitrogen and oxygen atoms in total. The van der Waals surface area contributed by atoms with Crippen molar-refractivity contribution in [1.82, 2.24) is 4.57 Å². The minimum atomic E-state index is -4.40. The first-order valence-electron chi connectivity index (χ1n) is 11.9. The highest BCUT2D eigenvalue weighted by Crippen LogP contribution is 2.38. The van der Waals surface area contributed by atoms with Crippen molar-refractivity contribution >= 4 is 38.5 Å². The zero-order valence-corrected chi connectivity index (χ0v) is 23.4. The minimum Gasteiger partial charge on any atom is -0.497 e. The molecule has 210 valence electrons. The fourth-order valence-corrected chi connectivity index (χ4v) is 5.69. The van der Waals surface area contributed by atoms with Gasteiger partial charge >= 0.3 is 5.97 Å². The van der Waals surface area contributed by atoms with Gasteiger partial charge in [-0.3, -0.25) is 13.7 Å². The summed E-state index contributed by atoms with van der Waals surface area (Å²) in [7, 11) is 2.47. The Kier molecular flexibility index (Phi) is 8.19. The number of esters is 1. The number of sulfonamides is 1. The molecule has 0 unspecified atom stereocenters. The predicted molar refractivity (Wildman–Crippen MR) is 148 cm³/mol. The van der Waals surface area contributed by atoms with E-state index in [1.165, 1.54) is 76.6 Å². The van der Waals surface area contributed by atoms with Crippen molar-refractivity contribution < 1.29 is 41.7 Å². The summed E-state index contributed by atoms with van der Waals surface area (Å²) in [6.07, 6.45) is 1.34. The second-order valence-electron chi connectivity index (χ2n) is 8.38. The number of hydrogen-bond donors (Lipinski definition) is 0. The van der Waals surface area contributed by atoms with Crippen LogP contribution in [0.2, 0.25) is 0 Å². The number of ether oxygens (including phenoxy) is 5. The van der Waals surface area contributed by atoms with Crippen molar-refractivity contribution in [2.24, 2.45) is 0 Å². The van der Waals surface area contributed by atoms with Gasteiger partial charge in [0.25, 0.3) is 15.9 Å². The molecule has 0 aliphatic carbocycles.